The number of unbranched alkanes of at least 4 members (excludes halogenated alkanes) is 3. The fourth-order valence-corrected chi connectivity index (χ4v) is 2.58. The van der Waals surface area contributed by atoms with Gasteiger partial charge in [0.05, 0.1) is 6.61 Å². The molecular weight excluding hydrogens is 260 g/mol. The average molecular weight is 301 g/mol. The van der Waals surface area contributed by atoms with Crippen LogP contribution in [0.3, 0.4) is 0 Å². The van der Waals surface area contributed by atoms with Crippen LogP contribution in [0.5, 0.6) is 0 Å². The molecule has 0 aliphatic carbocycles. The molecule has 0 saturated heterocycles. The maximum absolute atomic E-state index is 5.77. The van der Waals surface area contributed by atoms with Crippen LogP contribution in [-0.2, 0) is 4.74 Å². The molecule has 0 aromatic carbocycles. The SMILES string of the molecule is CC(C)CNCCCCCCOCCN(C(C)C)C(C)C. The van der Waals surface area contributed by atoms with Gasteiger partial charge in [0.2, 0.25) is 0 Å². The Labute approximate surface area is 133 Å². The predicted molar refractivity (Wildman–Crippen MR) is 94.0 cm³/mol. The van der Waals surface area contributed by atoms with Crippen molar-refractivity contribution in [3.63, 3.8) is 0 Å². The summed E-state index contributed by atoms with van der Waals surface area (Å²) in [6.45, 7) is 18.7. The van der Waals surface area contributed by atoms with Crippen molar-refractivity contribution in [2.75, 3.05) is 32.8 Å². The number of hydrogen-bond donors (Lipinski definition) is 1. The molecule has 21 heavy (non-hydrogen) atoms. The smallest absolute Gasteiger partial charge is 0.0593 e. The van der Waals surface area contributed by atoms with E-state index in [2.05, 4.69) is 51.8 Å². The van der Waals surface area contributed by atoms with Gasteiger partial charge in [-0.25, -0.2) is 0 Å². The van der Waals surface area contributed by atoms with Gasteiger partial charge >= 0.3 is 0 Å². The number of rotatable bonds is 14. The summed E-state index contributed by atoms with van der Waals surface area (Å²) in [5.41, 5.74) is 0. The summed E-state index contributed by atoms with van der Waals surface area (Å²) in [5.74, 6) is 0.759. The Hall–Kier alpha value is -0.120. The molecule has 0 saturated carbocycles. The van der Waals surface area contributed by atoms with E-state index < -0.39 is 0 Å². The van der Waals surface area contributed by atoms with Crippen LogP contribution in [0.1, 0.15) is 67.2 Å². The van der Waals surface area contributed by atoms with Crippen molar-refractivity contribution < 1.29 is 4.74 Å². The van der Waals surface area contributed by atoms with E-state index in [1.165, 1.54) is 25.7 Å². The highest BCUT2D eigenvalue weighted by Gasteiger charge is 2.12. The molecule has 1 N–H and O–H groups in total. The first-order chi connectivity index (χ1) is 9.95. The van der Waals surface area contributed by atoms with E-state index in [-0.39, 0.29) is 0 Å². The number of ether oxygens (including phenoxy) is 1. The Balaban J connectivity index is 3.29. The van der Waals surface area contributed by atoms with Crippen molar-refractivity contribution in [2.45, 2.75) is 79.3 Å². The van der Waals surface area contributed by atoms with E-state index in [1.54, 1.807) is 0 Å². The highest BCUT2D eigenvalue weighted by molar-refractivity contribution is 4.66. The first-order valence-corrected chi connectivity index (χ1v) is 8.99. The lowest BCUT2D eigenvalue weighted by Gasteiger charge is -2.30. The van der Waals surface area contributed by atoms with Gasteiger partial charge in [0, 0.05) is 25.2 Å². The lowest BCUT2D eigenvalue weighted by atomic mass is 10.2. The van der Waals surface area contributed by atoms with E-state index in [9.17, 15) is 0 Å². The molecular formula is C18H40N2O. The third-order valence-electron chi connectivity index (χ3n) is 3.77. The normalized spacial score (nSPS) is 12.3. The van der Waals surface area contributed by atoms with Crippen LogP contribution >= 0.6 is 0 Å². The molecule has 128 valence electrons. The van der Waals surface area contributed by atoms with E-state index >= 15 is 0 Å². The first kappa shape index (κ1) is 20.9. The highest BCUT2D eigenvalue weighted by Crippen LogP contribution is 2.04. The zero-order valence-electron chi connectivity index (χ0n) is 15.5. The van der Waals surface area contributed by atoms with Crippen LogP contribution < -0.4 is 5.32 Å². The lowest BCUT2D eigenvalue weighted by Crippen LogP contribution is -2.39. The van der Waals surface area contributed by atoms with Crippen molar-refractivity contribution >= 4 is 0 Å². The molecule has 0 aromatic rings. The fourth-order valence-electron chi connectivity index (χ4n) is 2.58. The summed E-state index contributed by atoms with van der Waals surface area (Å²) in [4.78, 5) is 2.49. The van der Waals surface area contributed by atoms with Gasteiger partial charge in [0.15, 0.2) is 0 Å². The molecule has 0 unspecified atom stereocenters. The molecule has 0 radical (unpaired) electrons. The molecule has 0 aromatic heterocycles. The third-order valence-corrected chi connectivity index (χ3v) is 3.77. The quantitative estimate of drug-likeness (QED) is 0.492. The van der Waals surface area contributed by atoms with Crippen molar-refractivity contribution in [3.8, 4) is 0 Å². The van der Waals surface area contributed by atoms with Gasteiger partial charge < -0.3 is 10.1 Å². The molecule has 3 nitrogen and oxygen atoms in total. The Morgan fingerprint density at radius 2 is 1.43 bits per heavy atom. The van der Waals surface area contributed by atoms with Gasteiger partial charge in [-0.15, -0.1) is 0 Å². The van der Waals surface area contributed by atoms with Crippen LogP contribution in [0.15, 0.2) is 0 Å². The maximum Gasteiger partial charge on any atom is 0.0593 e. The van der Waals surface area contributed by atoms with Crippen LogP contribution in [0.4, 0.5) is 0 Å². The van der Waals surface area contributed by atoms with Crippen LogP contribution in [0.25, 0.3) is 0 Å². The van der Waals surface area contributed by atoms with Crippen molar-refractivity contribution in [3.05, 3.63) is 0 Å². The lowest BCUT2D eigenvalue weighted by molar-refractivity contribution is 0.0764. The summed E-state index contributed by atoms with van der Waals surface area (Å²) in [5, 5.41) is 3.49. The van der Waals surface area contributed by atoms with Gasteiger partial charge in [-0.05, 0) is 59.5 Å². The van der Waals surface area contributed by atoms with E-state index in [1.807, 2.05) is 0 Å². The largest absolute Gasteiger partial charge is 0.380 e. The van der Waals surface area contributed by atoms with E-state index in [0.717, 1.165) is 38.8 Å². The molecule has 0 atom stereocenters. The number of hydrogen-bond acceptors (Lipinski definition) is 3. The topological polar surface area (TPSA) is 24.5 Å². The van der Waals surface area contributed by atoms with Crippen LogP contribution in [0, 0.1) is 5.92 Å². The molecule has 0 aliphatic rings. The summed E-state index contributed by atoms with van der Waals surface area (Å²) in [6, 6.07) is 1.21. The zero-order chi connectivity index (χ0) is 16.1. The Morgan fingerprint density at radius 3 is 2.00 bits per heavy atom. The second-order valence-electron chi connectivity index (χ2n) is 7.05. The number of nitrogens with zero attached hydrogens (tertiary/aromatic N) is 1. The Bertz CT molecular complexity index is 209. The Kier molecular flexibility index (Phi) is 13.5. The van der Waals surface area contributed by atoms with E-state index in [0.29, 0.717) is 12.1 Å². The molecule has 0 aliphatic heterocycles. The summed E-state index contributed by atoms with van der Waals surface area (Å²) < 4.78 is 5.77. The summed E-state index contributed by atoms with van der Waals surface area (Å²) in [6.07, 6.45) is 5.11. The monoisotopic (exact) mass is 300 g/mol. The minimum atomic E-state index is 0.604. The maximum atomic E-state index is 5.77. The molecule has 0 fully saturated rings. The molecule has 3 heteroatoms. The van der Waals surface area contributed by atoms with Gasteiger partial charge in [-0.1, -0.05) is 26.7 Å². The number of nitrogens with one attached hydrogen (secondary N) is 1. The third kappa shape index (κ3) is 13.3. The van der Waals surface area contributed by atoms with Crippen LogP contribution in [0.2, 0.25) is 0 Å². The van der Waals surface area contributed by atoms with Crippen molar-refractivity contribution in [2.24, 2.45) is 5.92 Å². The fraction of sp³-hybridized carbons (Fsp3) is 1.00. The van der Waals surface area contributed by atoms with Gasteiger partial charge in [-0.3, -0.25) is 4.90 Å². The predicted octanol–water partition coefficient (Wildman–Crippen LogP) is 3.93. The van der Waals surface area contributed by atoms with Crippen molar-refractivity contribution in [1.29, 1.82) is 0 Å². The molecule has 0 amide bonds. The second kappa shape index (κ2) is 13.5. The van der Waals surface area contributed by atoms with Crippen LogP contribution in [-0.4, -0.2) is 49.8 Å². The van der Waals surface area contributed by atoms with Crippen molar-refractivity contribution in [1.82, 2.24) is 10.2 Å². The molecule has 0 rings (SSSR count). The van der Waals surface area contributed by atoms with Gasteiger partial charge in [0.25, 0.3) is 0 Å². The Morgan fingerprint density at radius 1 is 0.810 bits per heavy atom. The zero-order valence-corrected chi connectivity index (χ0v) is 15.5. The summed E-state index contributed by atoms with van der Waals surface area (Å²) >= 11 is 0. The van der Waals surface area contributed by atoms with Gasteiger partial charge in [-0.2, -0.15) is 0 Å². The minimum Gasteiger partial charge on any atom is -0.380 e. The minimum absolute atomic E-state index is 0.604. The molecule has 0 spiro atoms. The average Bonchev–Trinajstić information content (AvgIpc) is 2.38. The molecule has 0 bridgehead atoms. The standard InChI is InChI=1S/C18H40N2O/c1-16(2)15-19-11-9-7-8-10-13-21-14-12-20(17(3)4)18(5)6/h16-19H,7-15H2,1-6H3. The molecule has 0 heterocycles. The first-order valence-electron chi connectivity index (χ1n) is 8.99. The van der Waals surface area contributed by atoms with Gasteiger partial charge in [0.1, 0.15) is 0 Å². The summed E-state index contributed by atoms with van der Waals surface area (Å²) in [7, 11) is 0. The van der Waals surface area contributed by atoms with E-state index in [4.69, 9.17) is 4.74 Å². The highest BCUT2D eigenvalue weighted by atomic mass is 16.5. The second-order valence-corrected chi connectivity index (χ2v) is 7.05.